The quantitative estimate of drug-likeness (QED) is 0.497. The van der Waals surface area contributed by atoms with E-state index in [1.54, 1.807) is 48.7 Å². The van der Waals surface area contributed by atoms with Crippen molar-refractivity contribution in [2.75, 3.05) is 5.32 Å². The molecule has 0 bridgehead atoms. The Labute approximate surface area is 173 Å². The number of hydrogen-bond donors (Lipinski definition) is 2. The normalized spacial score (nSPS) is 10.9. The number of H-pyrrole nitrogens is 1. The smallest absolute Gasteiger partial charge is 0.278 e. The molecule has 9 heteroatoms. The highest BCUT2D eigenvalue weighted by Crippen LogP contribution is 2.27. The number of anilines is 1. The Balaban J connectivity index is 1.56. The molecular weight excluding hydrogens is 419 g/mol. The molecule has 140 valence electrons. The second kappa shape index (κ2) is 7.71. The number of nitrogens with one attached hydrogen (secondary N) is 2. The predicted octanol–water partition coefficient (Wildman–Crippen LogP) is 4.53. The number of aromatic nitrogens is 3. The lowest BCUT2D eigenvalue weighted by atomic mass is 10.1. The molecular formula is C19H12Cl2N4O2S. The molecule has 2 heterocycles. The highest BCUT2D eigenvalue weighted by molar-refractivity contribution is 7.15. The number of nitrogens with zero attached hydrogens (tertiary/aromatic N) is 2. The fourth-order valence-electron chi connectivity index (χ4n) is 2.76. The van der Waals surface area contributed by atoms with Crippen molar-refractivity contribution >= 4 is 56.3 Å². The lowest BCUT2D eigenvalue weighted by molar-refractivity contribution is 0.102. The van der Waals surface area contributed by atoms with Gasteiger partial charge in [-0.15, -0.1) is 11.3 Å². The van der Waals surface area contributed by atoms with E-state index in [1.807, 2.05) is 0 Å². The third-order valence-electron chi connectivity index (χ3n) is 4.06. The lowest BCUT2D eigenvalue weighted by Gasteiger charge is -2.04. The van der Waals surface area contributed by atoms with Gasteiger partial charge in [-0.25, -0.2) is 10.1 Å². The molecule has 0 aliphatic rings. The lowest BCUT2D eigenvalue weighted by Crippen LogP contribution is -2.19. The first-order chi connectivity index (χ1) is 13.5. The van der Waals surface area contributed by atoms with E-state index < -0.39 is 5.91 Å². The number of thiazole rings is 1. The largest absolute Gasteiger partial charge is 0.296 e. The first-order valence-electron chi connectivity index (χ1n) is 8.18. The summed E-state index contributed by atoms with van der Waals surface area (Å²) in [7, 11) is 0. The van der Waals surface area contributed by atoms with E-state index in [0.29, 0.717) is 32.4 Å². The monoisotopic (exact) mass is 430 g/mol. The summed E-state index contributed by atoms with van der Waals surface area (Å²) in [5, 5.41) is 11.5. The van der Waals surface area contributed by atoms with Gasteiger partial charge < -0.3 is 0 Å². The Morgan fingerprint density at radius 2 is 1.93 bits per heavy atom. The van der Waals surface area contributed by atoms with Gasteiger partial charge in [0.25, 0.3) is 11.5 Å². The van der Waals surface area contributed by atoms with Gasteiger partial charge in [0, 0.05) is 32.9 Å². The number of fused-ring (bicyclic) bond motifs is 1. The standard InChI is InChI=1S/C19H12Cl2N4O2S/c20-11-5-6-15(21)10(7-11)8-12-9-22-19(28-12)23-18(27)16-13-3-1-2-4-14(13)17(26)25-24-16/h1-7,9H,8H2,(H,25,26)(H,22,23,27). The predicted molar refractivity (Wildman–Crippen MR) is 112 cm³/mol. The molecule has 0 atom stereocenters. The van der Waals surface area contributed by atoms with Crippen LogP contribution in [0.15, 0.2) is 53.5 Å². The molecule has 0 spiro atoms. The number of carbonyl (C=O) groups excluding carboxylic acids is 1. The molecule has 0 aliphatic carbocycles. The molecule has 0 saturated heterocycles. The third kappa shape index (κ3) is 3.77. The summed E-state index contributed by atoms with van der Waals surface area (Å²) in [5.74, 6) is -0.450. The number of benzene rings is 2. The maximum absolute atomic E-state index is 12.6. The van der Waals surface area contributed by atoms with Gasteiger partial charge in [0.1, 0.15) is 0 Å². The summed E-state index contributed by atoms with van der Waals surface area (Å²) in [4.78, 5) is 29.7. The Morgan fingerprint density at radius 1 is 1.14 bits per heavy atom. The Morgan fingerprint density at radius 3 is 2.75 bits per heavy atom. The van der Waals surface area contributed by atoms with Crippen LogP contribution in [-0.4, -0.2) is 21.1 Å². The van der Waals surface area contributed by atoms with Crippen LogP contribution in [0.1, 0.15) is 20.9 Å². The minimum Gasteiger partial charge on any atom is -0.296 e. The van der Waals surface area contributed by atoms with Crippen LogP contribution in [0.25, 0.3) is 10.8 Å². The van der Waals surface area contributed by atoms with Crippen molar-refractivity contribution in [2.45, 2.75) is 6.42 Å². The fraction of sp³-hybridized carbons (Fsp3) is 0.0526. The first kappa shape index (κ1) is 18.6. The summed E-state index contributed by atoms with van der Waals surface area (Å²) >= 11 is 13.6. The van der Waals surface area contributed by atoms with Crippen molar-refractivity contribution in [1.82, 2.24) is 15.2 Å². The van der Waals surface area contributed by atoms with E-state index in [4.69, 9.17) is 23.2 Å². The minimum absolute atomic E-state index is 0.129. The minimum atomic E-state index is -0.450. The van der Waals surface area contributed by atoms with Crippen molar-refractivity contribution < 1.29 is 4.79 Å². The molecule has 6 nitrogen and oxygen atoms in total. The fourth-order valence-corrected chi connectivity index (χ4v) is 3.97. The number of aromatic amines is 1. The van der Waals surface area contributed by atoms with Gasteiger partial charge in [0.05, 0.1) is 5.39 Å². The summed E-state index contributed by atoms with van der Waals surface area (Å²) < 4.78 is 0. The molecule has 2 aromatic carbocycles. The summed E-state index contributed by atoms with van der Waals surface area (Å²) in [6.45, 7) is 0. The highest BCUT2D eigenvalue weighted by atomic mass is 35.5. The molecule has 28 heavy (non-hydrogen) atoms. The molecule has 0 saturated carbocycles. The van der Waals surface area contributed by atoms with E-state index in [-0.39, 0.29) is 11.3 Å². The second-order valence-electron chi connectivity index (χ2n) is 5.95. The van der Waals surface area contributed by atoms with Crippen LogP contribution in [0.5, 0.6) is 0 Å². The SMILES string of the molecule is O=C(Nc1ncc(Cc2cc(Cl)ccc2Cl)s1)c1n[nH]c(=O)c2ccccc12. The van der Waals surface area contributed by atoms with Gasteiger partial charge in [0.15, 0.2) is 10.8 Å². The van der Waals surface area contributed by atoms with Crippen LogP contribution in [0.2, 0.25) is 10.0 Å². The molecule has 1 amide bonds. The Hall–Kier alpha value is -2.74. The van der Waals surface area contributed by atoms with Crippen molar-refractivity contribution in [1.29, 1.82) is 0 Å². The van der Waals surface area contributed by atoms with Gasteiger partial charge >= 0.3 is 0 Å². The van der Waals surface area contributed by atoms with E-state index in [1.165, 1.54) is 11.3 Å². The number of halogens is 2. The van der Waals surface area contributed by atoms with E-state index in [2.05, 4.69) is 20.5 Å². The van der Waals surface area contributed by atoms with Gasteiger partial charge in [0.2, 0.25) is 0 Å². The zero-order valence-electron chi connectivity index (χ0n) is 14.2. The van der Waals surface area contributed by atoms with Gasteiger partial charge in [-0.1, -0.05) is 41.4 Å². The maximum atomic E-state index is 12.6. The molecule has 0 unspecified atom stereocenters. The second-order valence-corrected chi connectivity index (χ2v) is 7.90. The zero-order valence-corrected chi connectivity index (χ0v) is 16.5. The van der Waals surface area contributed by atoms with Crippen LogP contribution >= 0.6 is 34.5 Å². The first-order valence-corrected chi connectivity index (χ1v) is 9.76. The topological polar surface area (TPSA) is 87.7 Å². The number of hydrogen-bond acceptors (Lipinski definition) is 5. The Bertz CT molecular complexity index is 1250. The number of rotatable bonds is 4. The average molecular weight is 431 g/mol. The van der Waals surface area contributed by atoms with Crippen LogP contribution in [0.4, 0.5) is 5.13 Å². The summed E-state index contributed by atoms with van der Waals surface area (Å²) in [6.07, 6.45) is 2.22. The molecule has 0 fully saturated rings. The van der Waals surface area contributed by atoms with Gasteiger partial charge in [-0.05, 0) is 29.8 Å². The third-order valence-corrected chi connectivity index (χ3v) is 5.57. The zero-order chi connectivity index (χ0) is 19.7. The highest BCUT2D eigenvalue weighted by Gasteiger charge is 2.16. The summed E-state index contributed by atoms with van der Waals surface area (Å²) in [6, 6.07) is 12.1. The van der Waals surface area contributed by atoms with Crippen LogP contribution < -0.4 is 10.9 Å². The van der Waals surface area contributed by atoms with E-state index in [9.17, 15) is 9.59 Å². The molecule has 4 aromatic rings. The van der Waals surface area contributed by atoms with E-state index in [0.717, 1.165) is 10.4 Å². The van der Waals surface area contributed by atoms with E-state index >= 15 is 0 Å². The van der Waals surface area contributed by atoms with Crippen molar-refractivity contribution in [3.63, 3.8) is 0 Å². The average Bonchev–Trinajstić information content (AvgIpc) is 3.12. The molecule has 0 aliphatic heterocycles. The molecule has 2 N–H and O–H groups in total. The molecule has 4 rings (SSSR count). The summed E-state index contributed by atoms with van der Waals surface area (Å²) in [5.41, 5.74) is 0.663. The van der Waals surface area contributed by atoms with Crippen molar-refractivity contribution in [3.8, 4) is 0 Å². The van der Waals surface area contributed by atoms with Crippen LogP contribution in [-0.2, 0) is 6.42 Å². The van der Waals surface area contributed by atoms with Crippen LogP contribution in [0, 0.1) is 0 Å². The number of carbonyl (C=O) groups is 1. The molecule has 2 aromatic heterocycles. The van der Waals surface area contributed by atoms with Crippen molar-refractivity contribution in [2.24, 2.45) is 0 Å². The van der Waals surface area contributed by atoms with Crippen molar-refractivity contribution in [3.05, 3.63) is 85.2 Å². The van der Waals surface area contributed by atoms with Gasteiger partial charge in [-0.2, -0.15) is 5.10 Å². The van der Waals surface area contributed by atoms with Crippen LogP contribution in [0.3, 0.4) is 0 Å². The maximum Gasteiger partial charge on any atom is 0.278 e. The number of amides is 1. The Kier molecular flexibility index (Phi) is 5.13. The molecule has 0 radical (unpaired) electrons. The van der Waals surface area contributed by atoms with Gasteiger partial charge in [-0.3, -0.25) is 14.9 Å².